The minimum atomic E-state index is -4.62. The van der Waals surface area contributed by atoms with E-state index in [1.807, 2.05) is 31.3 Å². The number of piperidine rings is 1. The lowest BCUT2D eigenvalue weighted by Gasteiger charge is -2.30. The van der Waals surface area contributed by atoms with Crippen molar-refractivity contribution in [3.63, 3.8) is 0 Å². The predicted octanol–water partition coefficient (Wildman–Crippen LogP) is 4.36. The number of nitrogens with zero attached hydrogens (tertiary/aromatic N) is 4. The van der Waals surface area contributed by atoms with Gasteiger partial charge in [-0.2, -0.15) is 13.2 Å². The van der Waals surface area contributed by atoms with Crippen molar-refractivity contribution in [2.75, 3.05) is 26.7 Å². The first kappa shape index (κ1) is 29.8. The summed E-state index contributed by atoms with van der Waals surface area (Å²) in [5.41, 5.74) is 2.30. The molecule has 4 rings (SSSR count). The van der Waals surface area contributed by atoms with Gasteiger partial charge in [0.15, 0.2) is 5.82 Å². The van der Waals surface area contributed by atoms with Crippen LogP contribution in [-0.4, -0.2) is 74.7 Å². The number of amides is 1. The lowest BCUT2D eigenvalue weighted by molar-refractivity contribution is -0.143. The number of carboxylic acids is 1. The van der Waals surface area contributed by atoms with Crippen molar-refractivity contribution in [2.45, 2.75) is 45.3 Å². The summed E-state index contributed by atoms with van der Waals surface area (Å²) in [5.74, 6) is -2.28. The molecule has 1 aliphatic rings. The van der Waals surface area contributed by atoms with Gasteiger partial charge >= 0.3 is 12.1 Å². The molecule has 1 amide bonds. The highest BCUT2D eigenvalue weighted by Gasteiger charge is 2.31. The van der Waals surface area contributed by atoms with Crippen LogP contribution in [0.3, 0.4) is 0 Å². The van der Waals surface area contributed by atoms with Crippen LogP contribution in [0.1, 0.15) is 54.4 Å². The Hall–Kier alpha value is -4.13. The highest BCUT2D eigenvalue weighted by molar-refractivity contribution is 5.92. The number of rotatable bonds is 9. The van der Waals surface area contributed by atoms with Gasteiger partial charge < -0.3 is 20.3 Å². The van der Waals surface area contributed by atoms with E-state index in [2.05, 4.69) is 15.1 Å². The molecule has 0 saturated carbocycles. The molecule has 2 heterocycles. The maximum absolute atomic E-state index is 12.8. The summed E-state index contributed by atoms with van der Waals surface area (Å²) in [7, 11) is 1.47. The van der Waals surface area contributed by atoms with Crippen LogP contribution < -0.4 is 10.1 Å². The van der Waals surface area contributed by atoms with Gasteiger partial charge in [-0.05, 0) is 61.2 Å². The first-order chi connectivity index (χ1) is 19.4. The quantitative estimate of drug-likeness (QED) is 0.343. The zero-order chi connectivity index (χ0) is 29.9. The van der Waals surface area contributed by atoms with Gasteiger partial charge in [-0.3, -0.25) is 19.1 Å². The summed E-state index contributed by atoms with van der Waals surface area (Å²) in [4.78, 5) is 26.2. The highest BCUT2D eigenvalue weighted by atomic mass is 19.4. The molecule has 2 aromatic carbocycles. The van der Waals surface area contributed by atoms with Crippen LogP contribution in [0.15, 0.2) is 36.4 Å². The summed E-state index contributed by atoms with van der Waals surface area (Å²) in [5, 5.41) is 29.9. The number of alkyl halides is 3. The number of methoxy groups -OCH3 is 1. The number of carbonyl (C=O) groups is 2. The fourth-order valence-corrected chi connectivity index (χ4v) is 4.85. The largest absolute Gasteiger partial charge is 0.507 e. The molecule has 1 saturated heterocycles. The lowest BCUT2D eigenvalue weighted by atomic mass is 9.97. The van der Waals surface area contributed by atoms with Gasteiger partial charge in [-0.25, -0.2) is 0 Å². The van der Waals surface area contributed by atoms with Crippen LogP contribution in [0.5, 0.6) is 11.5 Å². The number of aromatic nitrogens is 3. The zero-order valence-corrected chi connectivity index (χ0v) is 22.9. The van der Waals surface area contributed by atoms with Crippen molar-refractivity contribution in [2.24, 2.45) is 5.92 Å². The highest BCUT2D eigenvalue weighted by Crippen LogP contribution is 2.38. The maximum atomic E-state index is 12.8. The molecule has 3 aromatic rings. The van der Waals surface area contributed by atoms with E-state index in [0.29, 0.717) is 43.9 Å². The molecule has 41 heavy (non-hydrogen) atoms. The van der Waals surface area contributed by atoms with Crippen LogP contribution in [0.4, 0.5) is 13.2 Å². The Bertz CT molecular complexity index is 1400. The normalized spacial score (nSPS) is 14.8. The van der Waals surface area contributed by atoms with Crippen molar-refractivity contribution in [1.29, 1.82) is 0 Å². The smallest absolute Gasteiger partial charge is 0.405 e. The average Bonchev–Trinajstić information content (AvgIpc) is 3.36. The third-order valence-electron chi connectivity index (χ3n) is 7.06. The predicted molar refractivity (Wildman–Crippen MR) is 143 cm³/mol. The molecule has 0 unspecified atom stereocenters. The Balaban J connectivity index is 1.70. The summed E-state index contributed by atoms with van der Waals surface area (Å²) in [6.45, 7) is 4.19. The van der Waals surface area contributed by atoms with Crippen molar-refractivity contribution >= 4 is 11.9 Å². The Labute approximate surface area is 234 Å². The fraction of sp³-hybridized carbons (Fsp3) is 0.429. The average molecular weight is 576 g/mol. The van der Waals surface area contributed by atoms with Crippen LogP contribution in [0.2, 0.25) is 0 Å². The number of aliphatic carboxylic acids is 1. The third-order valence-corrected chi connectivity index (χ3v) is 7.06. The second kappa shape index (κ2) is 12.2. The van der Waals surface area contributed by atoms with Crippen LogP contribution in [0, 0.1) is 5.92 Å². The second-order valence-corrected chi connectivity index (χ2v) is 10.3. The molecule has 1 aliphatic heterocycles. The molecular formula is C28H32F3N5O5. The minimum Gasteiger partial charge on any atom is -0.507 e. The molecule has 1 aromatic heterocycles. The molecular weight excluding hydrogens is 543 g/mol. The lowest BCUT2D eigenvalue weighted by Crippen LogP contribution is -2.35. The van der Waals surface area contributed by atoms with Gasteiger partial charge in [-0.15, -0.1) is 10.2 Å². The van der Waals surface area contributed by atoms with E-state index in [0.717, 1.165) is 11.1 Å². The van der Waals surface area contributed by atoms with Crippen molar-refractivity contribution in [3.8, 4) is 28.6 Å². The first-order valence-corrected chi connectivity index (χ1v) is 13.1. The molecule has 10 nitrogen and oxygen atoms in total. The van der Waals surface area contributed by atoms with Crippen LogP contribution in [0.25, 0.3) is 17.1 Å². The van der Waals surface area contributed by atoms with Crippen molar-refractivity contribution in [3.05, 3.63) is 53.3 Å². The number of aromatic hydroxyl groups is 1. The SMILES string of the molecule is COc1cc(O)c(-c2nnc(C(=O)NCC(F)(F)F)n2-c2ccc(CN3CCC(C(=O)O)CC3)cc2)cc1C(C)C. The Kier molecular flexibility index (Phi) is 8.86. The molecule has 1 fully saturated rings. The van der Waals surface area contributed by atoms with E-state index in [1.165, 1.54) is 17.7 Å². The van der Waals surface area contributed by atoms with E-state index in [-0.39, 0.29) is 34.8 Å². The number of halogens is 3. The van der Waals surface area contributed by atoms with Crippen molar-refractivity contribution < 1.29 is 37.7 Å². The number of benzene rings is 2. The van der Waals surface area contributed by atoms with Gasteiger partial charge in [0.2, 0.25) is 5.82 Å². The number of phenols is 1. The number of likely N-dealkylation sites (tertiary alicyclic amines) is 1. The standard InChI is InChI=1S/C28H32F3N5O5/c1-16(2)20-12-21(22(37)13-23(20)41-3)24-33-34-25(26(38)32-15-28(29,30)31)36(24)19-6-4-17(5-7-19)14-35-10-8-18(9-11-35)27(39)40/h4-7,12-13,16,18,37H,8-11,14-15H2,1-3H3,(H,32,38)(H,39,40). The Morgan fingerprint density at radius 1 is 1.12 bits per heavy atom. The minimum absolute atomic E-state index is 0.00456. The number of carbonyl (C=O) groups excluding carboxylic acids is 1. The van der Waals surface area contributed by atoms with Gasteiger partial charge in [0.25, 0.3) is 5.91 Å². The molecule has 3 N–H and O–H groups in total. The van der Waals surface area contributed by atoms with Gasteiger partial charge in [0.05, 0.1) is 18.6 Å². The molecule has 220 valence electrons. The van der Waals surface area contributed by atoms with E-state index < -0.39 is 24.6 Å². The number of hydrogen-bond acceptors (Lipinski definition) is 7. The van der Waals surface area contributed by atoms with E-state index in [4.69, 9.17) is 4.74 Å². The molecule has 0 aliphatic carbocycles. The fourth-order valence-electron chi connectivity index (χ4n) is 4.85. The Morgan fingerprint density at radius 2 is 1.78 bits per heavy atom. The monoisotopic (exact) mass is 575 g/mol. The first-order valence-electron chi connectivity index (χ1n) is 13.1. The van der Waals surface area contributed by atoms with Crippen LogP contribution in [-0.2, 0) is 11.3 Å². The number of phenolic OH excluding ortho intramolecular Hbond substituents is 1. The Morgan fingerprint density at radius 3 is 2.34 bits per heavy atom. The number of ether oxygens (including phenoxy) is 1. The number of carboxylic acid groups (broad SMARTS) is 1. The van der Waals surface area contributed by atoms with E-state index in [1.54, 1.807) is 18.2 Å². The van der Waals surface area contributed by atoms with Gasteiger partial charge in [0, 0.05) is 18.3 Å². The molecule has 0 radical (unpaired) electrons. The van der Waals surface area contributed by atoms with Crippen LogP contribution >= 0.6 is 0 Å². The third kappa shape index (κ3) is 6.96. The molecule has 0 spiro atoms. The summed E-state index contributed by atoms with van der Waals surface area (Å²) in [6.07, 6.45) is -3.49. The van der Waals surface area contributed by atoms with E-state index >= 15 is 0 Å². The molecule has 13 heteroatoms. The second-order valence-electron chi connectivity index (χ2n) is 10.3. The topological polar surface area (TPSA) is 130 Å². The summed E-state index contributed by atoms with van der Waals surface area (Å²) < 4.78 is 45.2. The van der Waals surface area contributed by atoms with E-state index in [9.17, 15) is 33.0 Å². The zero-order valence-electron chi connectivity index (χ0n) is 22.9. The van der Waals surface area contributed by atoms with Gasteiger partial charge in [0.1, 0.15) is 18.0 Å². The van der Waals surface area contributed by atoms with Crippen molar-refractivity contribution in [1.82, 2.24) is 25.0 Å². The van der Waals surface area contributed by atoms with Gasteiger partial charge in [-0.1, -0.05) is 26.0 Å². The summed E-state index contributed by atoms with van der Waals surface area (Å²) in [6, 6.07) is 10.1. The number of nitrogens with one attached hydrogen (secondary N) is 1. The summed E-state index contributed by atoms with van der Waals surface area (Å²) >= 11 is 0. The maximum Gasteiger partial charge on any atom is 0.405 e. The molecule has 0 atom stereocenters. The molecule has 0 bridgehead atoms. The number of hydrogen-bond donors (Lipinski definition) is 3.